The predicted octanol–water partition coefficient (Wildman–Crippen LogP) is 0.755. The number of anilines is 1. The average molecular weight is 297 g/mol. The van der Waals surface area contributed by atoms with Crippen LogP contribution >= 0.6 is 0 Å². The van der Waals surface area contributed by atoms with E-state index < -0.39 is 15.9 Å². The zero-order valence-corrected chi connectivity index (χ0v) is 12.5. The fourth-order valence-corrected chi connectivity index (χ4v) is 3.84. The Hall–Kier alpha value is -1.60. The van der Waals surface area contributed by atoms with E-state index in [1.165, 1.54) is 18.2 Å². The van der Waals surface area contributed by atoms with Gasteiger partial charge in [-0.15, -0.1) is 0 Å². The standard InChI is InChI=1S/C13H19N3O3S/c1-3-15(4-2)7-8-16-13(17)11-9-10(14)5-6-12(11)20(16,18)19/h5-6,9H,3-4,7-8,14H2,1-2H3. The van der Waals surface area contributed by atoms with Crippen LogP contribution in [-0.2, 0) is 10.0 Å². The summed E-state index contributed by atoms with van der Waals surface area (Å²) in [6.45, 7) is 6.33. The first-order chi connectivity index (χ1) is 9.41. The molecule has 0 bridgehead atoms. The van der Waals surface area contributed by atoms with E-state index in [1.54, 1.807) is 0 Å². The molecule has 20 heavy (non-hydrogen) atoms. The van der Waals surface area contributed by atoms with Gasteiger partial charge in [-0.2, -0.15) is 0 Å². The van der Waals surface area contributed by atoms with Gasteiger partial charge >= 0.3 is 0 Å². The van der Waals surface area contributed by atoms with Gasteiger partial charge in [0.2, 0.25) is 0 Å². The lowest BCUT2D eigenvalue weighted by Crippen LogP contribution is -2.38. The number of amides is 1. The van der Waals surface area contributed by atoms with Crippen molar-refractivity contribution >= 4 is 21.6 Å². The van der Waals surface area contributed by atoms with Gasteiger partial charge in [-0.3, -0.25) is 4.79 Å². The van der Waals surface area contributed by atoms with Crippen LogP contribution in [0, 0.1) is 0 Å². The van der Waals surface area contributed by atoms with Crippen molar-refractivity contribution in [1.82, 2.24) is 9.21 Å². The van der Waals surface area contributed by atoms with Crippen molar-refractivity contribution in [1.29, 1.82) is 0 Å². The molecule has 0 atom stereocenters. The van der Waals surface area contributed by atoms with E-state index in [4.69, 9.17) is 5.73 Å². The first kappa shape index (κ1) is 14.8. The van der Waals surface area contributed by atoms with Crippen LogP contribution in [-0.4, -0.2) is 49.7 Å². The topological polar surface area (TPSA) is 83.7 Å². The van der Waals surface area contributed by atoms with Crippen LogP contribution in [0.2, 0.25) is 0 Å². The number of nitrogen functional groups attached to an aromatic ring is 1. The SMILES string of the molecule is CCN(CC)CCN1C(=O)c2cc(N)ccc2S1(=O)=O. The Balaban J connectivity index is 2.28. The predicted molar refractivity (Wildman–Crippen MR) is 76.9 cm³/mol. The third-order valence-electron chi connectivity index (χ3n) is 3.54. The molecule has 1 aromatic rings. The zero-order valence-electron chi connectivity index (χ0n) is 11.7. The Morgan fingerprint density at radius 3 is 2.50 bits per heavy atom. The molecular weight excluding hydrogens is 278 g/mol. The zero-order chi connectivity index (χ0) is 14.9. The van der Waals surface area contributed by atoms with Crippen molar-refractivity contribution in [3.05, 3.63) is 23.8 Å². The van der Waals surface area contributed by atoms with E-state index in [9.17, 15) is 13.2 Å². The summed E-state index contributed by atoms with van der Waals surface area (Å²) in [7, 11) is -3.72. The second-order valence-electron chi connectivity index (χ2n) is 4.66. The normalized spacial score (nSPS) is 16.8. The van der Waals surface area contributed by atoms with Crippen molar-refractivity contribution in [3.63, 3.8) is 0 Å². The summed E-state index contributed by atoms with van der Waals surface area (Å²) in [6.07, 6.45) is 0. The largest absolute Gasteiger partial charge is 0.399 e. The summed E-state index contributed by atoms with van der Waals surface area (Å²) in [5, 5.41) is 0. The lowest BCUT2D eigenvalue weighted by atomic mass is 10.2. The third-order valence-corrected chi connectivity index (χ3v) is 5.38. The van der Waals surface area contributed by atoms with Crippen molar-refractivity contribution in [2.45, 2.75) is 18.7 Å². The summed E-state index contributed by atoms with van der Waals surface area (Å²) in [6, 6.07) is 4.32. The minimum Gasteiger partial charge on any atom is -0.399 e. The second kappa shape index (κ2) is 5.41. The maximum atomic E-state index is 12.3. The molecule has 7 heteroatoms. The molecule has 6 nitrogen and oxygen atoms in total. The van der Waals surface area contributed by atoms with Crippen LogP contribution in [0.4, 0.5) is 5.69 Å². The highest BCUT2D eigenvalue weighted by molar-refractivity contribution is 7.90. The highest BCUT2D eigenvalue weighted by Gasteiger charge is 2.40. The minimum atomic E-state index is -3.72. The van der Waals surface area contributed by atoms with Crippen molar-refractivity contribution in [2.24, 2.45) is 0 Å². The summed E-state index contributed by atoms with van der Waals surface area (Å²) < 4.78 is 25.6. The molecule has 0 saturated carbocycles. The van der Waals surface area contributed by atoms with Crippen molar-refractivity contribution in [2.75, 3.05) is 31.9 Å². The van der Waals surface area contributed by atoms with Crippen LogP contribution in [0.5, 0.6) is 0 Å². The monoisotopic (exact) mass is 297 g/mol. The minimum absolute atomic E-state index is 0.0521. The Bertz CT molecular complexity index is 624. The molecular formula is C13H19N3O3S. The fourth-order valence-electron chi connectivity index (χ4n) is 2.30. The Morgan fingerprint density at radius 1 is 1.25 bits per heavy atom. The van der Waals surface area contributed by atoms with Crippen molar-refractivity contribution in [3.8, 4) is 0 Å². The maximum Gasteiger partial charge on any atom is 0.269 e. The van der Waals surface area contributed by atoms with E-state index in [1.807, 2.05) is 13.8 Å². The summed E-state index contributed by atoms with van der Waals surface area (Å²) in [5.41, 5.74) is 6.18. The molecule has 1 heterocycles. The molecule has 0 aliphatic carbocycles. The summed E-state index contributed by atoms with van der Waals surface area (Å²) >= 11 is 0. The first-order valence-corrected chi connectivity index (χ1v) is 8.04. The Labute approximate surface area is 119 Å². The number of likely N-dealkylation sites (N-methyl/N-ethyl adjacent to an activating group) is 1. The van der Waals surface area contributed by atoms with Gasteiger partial charge in [-0.05, 0) is 31.3 Å². The third kappa shape index (κ3) is 2.38. The number of hydrogen-bond acceptors (Lipinski definition) is 5. The molecule has 1 aromatic carbocycles. The van der Waals surface area contributed by atoms with Crippen LogP contribution in [0.25, 0.3) is 0 Å². The van der Waals surface area contributed by atoms with Crippen LogP contribution < -0.4 is 5.73 Å². The maximum absolute atomic E-state index is 12.3. The molecule has 1 amide bonds. The van der Waals surface area contributed by atoms with Gasteiger partial charge in [-0.1, -0.05) is 13.8 Å². The van der Waals surface area contributed by atoms with E-state index >= 15 is 0 Å². The number of fused-ring (bicyclic) bond motifs is 1. The molecule has 0 saturated heterocycles. The highest BCUT2D eigenvalue weighted by Crippen LogP contribution is 2.31. The Kier molecular flexibility index (Phi) is 4.01. The van der Waals surface area contributed by atoms with E-state index in [0.717, 1.165) is 17.4 Å². The van der Waals surface area contributed by atoms with Gasteiger partial charge in [-0.25, -0.2) is 12.7 Å². The van der Waals surface area contributed by atoms with E-state index in [0.29, 0.717) is 12.2 Å². The van der Waals surface area contributed by atoms with Gasteiger partial charge in [0.15, 0.2) is 0 Å². The van der Waals surface area contributed by atoms with Crippen molar-refractivity contribution < 1.29 is 13.2 Å². The number of rotatable bonds is 5. The molecule has 1 aliphatic heterocycles. The lowest BCUT2D eigenvalue weighted by Gasteiger charge is -2.22. The molecule has 0 unspecified atom stereocenters. The van der Waals surface area contributed by atoms with Gasteiger partial charge < -0.3 is 10.6 Å². The fraction of sp³-hybridized carbons (Fsp3) is 0.462. The van der Waals surface area contributed by atoms with Crippen LogP contribution in [0.1, 0.15) is 24.2 Å². The van der Waals surface area contributed by atoms with Gasteiger partial charge in [0.1, 0.15) is 4.90 Å². The summed E-state index contributed by atoms with van der Waals surface area (Å²) in [5.74, 6) is -0.487. The molecule has 1 aliphatic rings. The molecule has 110 valence electrons. The lowest BCUT2D eigenvalue weighted by molar-refractivity contribution is 0.0861. The number of hydrogen-bond donors (Lipinski definition) is 1. The number of nitrogens with two attached hydrogens (primary N) is 1. The molecule has 2 N–H and O–H groups in total. The van der Waals surface area contributed by atoms with E-state index in [2.05, 4.69) is 4.90 Å². The van der Waals surface area contributed by atoms with Crippen LogP contribution in [0.15, 0.2) is 23.1 Å². The number of carbonyl (C=O) groups is 1. The van der Waals surface area contributed by atoms with Crippen LogP contribution in [0.3, 0.4) is 0 Å². The van der Waals surface area contributed by atoms with Gasteiger partial charge in [0.25, 0.3) is 15.9 Å². The number of carbonyl (C=O) groups excluding carboxylic acids is 1. The molecule has 0 spiro atoms. The first-order valence-electron chi connectivity index (χ1n) is 6.60. The number of nitrogens with zero attached hydrogens (tertiary/aromatic N) is 2. The molecule has 0 radical (unpaired) electrons. The molecule has 0 aromatic heterocycles. The van der Waals surface area contributed by atoms with Gasteiger partial charge in [0, 0.05) is 12.2 Å². The summed E-state index contributed by atoms with van der Waals surface area (Å²) in [4.78, 5) is 14.3. The second-order valence-corrected chi connectivity index (χ2v) is 6.50. The van der Waals surface area contributed by atoms with Gasteiger partial charge in [0.05, 0.1) is 12.1 Å². The highest BCUT2D eigenvalue weighted by atomic mass is 32.2. The average Bonchev–Trinajstić information content (AvgIpc) is 2.59. The number of benzene rings is 1. The number of sulfonamides is 1. The Morgan fingerprint density at radius 2 is 1.90 bits per heavy atom. The molecule has 2 rings (SSSR count). The van der Waals surface area contributed by atoms with E-state index in [-0.39, 0.29) is 17.0 Å². The molecule has 0 fully saturated rings. The quantitative estimate of drug-likeness (QED) is 0.811. The smallest absolute Gasteiger partial charge is 0.269 e.